The van der Waals surface area contributed by atoms with Crippen molar-refractivity contribution < 1.29 is 4.39 Å². The molecule has 0 aliphatic heterocycles. The van der Waals surface area contributed by atoms with Crippen LogP contribution in [0.15, 0.2) is 36.5 Å². The largest absolute Gasteiger partial charge is 0.279 e. The van der Waals surface area contributed by atoms with Crippen molar-refractivity contribution in [1.82, 2.24) is 14.5 Å². The first kappa shape index (κ1) is 13.3. The Morgan fingerprint density at radius 2 is 2.10 bits per heavy atom. The van der Waals surface area contributed by atoms with Crippen LogP contribution in [0, 0.1) is 5.82 Å². The third-order valence-electron chi connectivity index (χ3n) is 2.95. The summed E-state index contributed by atoms with van der Waals surface area (Å²) in [4.78, 5) is 8.79. The molecule has 0 unspecified atom stereocenters. The Morgan fingerprint density at radius 3 is 2.90 bits per heavy atom. The summed E-state index contributed by atoms with van der Waals surface area (Å²) in [5.41, 5.74) is 1.89. The molecule has 0 fully saturated rings. The molecule has 3 nitrogen and oxygen atoms in total. The first-order chi connectivity index (χ1) is 9.70. The van der Waals surface area contributed by atoms with Crippen LogP contribution in [0.3, 0.4) is 0 Å². The highest BCUT2D eigenvalue weighted by molar-refractivity contribution is 6.32. The highest BCUT2D eigenvalue weighted by Crippen LogP contribution is 2.27. The lowest BCUT2D eigenvalue weighted by Gasteiger charge is -2.10. The fraction of sp³-hybridized carbons (Fsp3) is 0.143. The zero-order valence-electron chi connectivity index (χ0n) is 10.4. The molecular formula is C14H10Cl2FN3. The van der Waals surface area contributed by atoms with Gasteiger partial charge in [-0.2, -0.15) is 0 Å². The lowest BCUT2D eigenvalue weighted by atomic mass is 10.3. The summed E-state index contributed by atoms with van der Waals surface area (Å²) >= 11 is 12.0. The van der Waals surface area contributed by atoms with Gasteiger partial charge in [-0.3, -0.25) is 4.57 Å². The fourth-order valence-electron chi connectivity index (χ4n) is 2.12. The summed E-state index contributed by atoms with van der Waals surface area (Å²) in [6.07, 6.45) is 2.21. The SMILES string of the molecule is Fc1ccc(Cl)c(-n2c(CCCl)nc3cccnc32)c1. The predicted molar refractivity (Wildman–Crippen MR) is 78.3 cm³/mol. The van der Waals surface area contributed by atoms with Gasteiger partial charge in [0.05, 0.1) is 10.7 Å². The van der Waals surface area contributed by atoms with E-state index in [4.69, 9.17) is 23.2 Å². The Hall–Kier alpha value is -1.65. The molecule has 102 valence electrons. The van der Waals surface area contributed by atoms with E-state index in [-0.39, 0.29) is 5.82 Å². The van der Waals surface area contributed by atoms with Crippen molar-refractivity contribution in [2.45, 2.75) is 6.42 Å². The molecule has 0 spiro atoms. The van der Waals surface area contributed by atoms with Gasteiger partial charge in [0.1, 0.15) is 17.2 Å². The van der Waals surface area contributed by atoms with Gasteiger partial charge in [-0.25, -0.2) is 14.4 Å². The van der Waals surface area contributed by atoms with Crippen LogP contribution in [0.5, 0.6) is 0 Å². The zero-order chi connectivity index (χ0) is 14.1. The third-order valence-corrected chi connectivity index (χ3v) is 3.46. The normalized spacial score (nSPS) is 11.2. The molecule has 0 atom stereocenters. The van der Waals surface area contributed by atoms with Gasteiger partial charge in [0, 0.05) is 18.5 Å². The number of imidazole rings is 1. The van der Waals surface area contributed by atoms with Crippen molar-refractivity contribution in [3.8, 4) is 5.69 Å². The van der Waals surface area contributed by atoms with Crippen molar-refractivity contribution in [1.29, 1.82) is 0 Å². The highest BCUT2D eigenvalue weighted by atomic mass is 35.5. The number of halogens is 3. The summed E-state index contributed by atoms with van der Waals surface area (Å²) in [5.74, 6) is 0.760. The number of pyridine rings is 1. The molecule has 6 heteroatoms. The van der Waals surface area contributed by atoms with E-state index in [1.165, 1.54) is 18.2 Å². The van der Waals surface area contributed by atoms with E-state index < -0.39 is 0 Å². The Morgan fingerprint density at radius 1 is 1.25 bits per heavy atom. The molecular weight excluding hydrogens is 300 g/mol. The van der Waals surface area contributed by atoms with Crippen LogP contribution in [0.1, 0.15) is 5.82 Å². The molecule has 2 aromatic heterocycles. The van der Waals surface area contributed by atoms with E-state index in [1.54, 1.807) is 16.8 Å². The number of aromatic nitrogens is 3. The zero-order valence-corrected chi connectivity index (χ0v) is 11.9. The number of alkyl halides is 1. The molecule has 0 radical (unpaired) electrons. The summed E-state index contributed by atoms with van der Waals surface area (Å²) in [6.45, 7) is 0. The lowest BCUT2D eigenvalue weighted by molar-refractivity contribution is 0.626. The van der Waals surface area contributed by atoms with Gasteiger partial charge in [-0.05, 0) is 30.3 Å². The second-order valence-corrected chi connectivity index (χ2v) is 5.03. The molecule has 3 rings (SSSR count). The van der Waals surface area contributed by atoms with Gasteiger partial charge in [0.2, 0.25) is 0 Å². The van der Waals surface area contributed by atoms with Crippen LogP contribution in [-0.2, 0) is 6.42 Å². The Bertz CT molecular complexity index is 770. The maximum atomic E-state index is 13.5. The molecule has 0 N–H and O–H groups in total. The van der Waals surface area contributed by atoms with Crippen molar-refractivity contribution in [3.05, 3.63) is 53.2 Å². The van der Waals surface area contributed by atoms with Gasteiger partial charge >= 0.3 is 0 Å². The molecule has 3 aromatic rings. The van der Waals surface area contributed by atoms with Crippen LogP contribution in [0.4, 0.5) is 4.39 Å². The topological polar surface area (TPSA) is 30.7 Å². The van der Waals surface area contributed by atoms with Crippen molar-refractivity contribution in [2.75, 3.05) is 5.88 Å². The van der Waals surface area contributed by atoms with E-state index in [1.807, 2.05) is 6.07 Å². The van der Waals surface area contributed by atoms with E-state index in [2.05, 4.69) is 9.97 Å². The summed E-state index contributed by atoms with van der Waals surface area (Å²) in [6, 6.07) is 7.86. The molecule has 1 aromatic carbocycles. The molecule has 0 aliphatic carbocycles. The molecule has 0 bridgehead atoms. The first-order valence-corrected chi connectivity index (χ1v) is 6.95. The summed E-state index contributed by atoms with van der Waals surface area (Å²) < 4.78 is 15.3. The molecule has 2 heterocycles. The number of aryl methyl sites for hydroxylation is 1. The highest BCUT2D eigenvalue weighted by Gasteiger charge is 2.15. The first-order valence-electron chi connectivity index (χ1n) is 6.04. The van der Waals surface area contributed by atoms with E-state index >= 15 is 0 Å². The van der Waals surface area contributed by atoms with Crippen LogP contribution < -0.4 is 0 Å². The fourth-order valence-corrected chi connectivity index (χ4v) is 2.49. The predicted octanol–water partition coefficient (Wildman–Crippen LogP) is 3.99. The average Bonchev–Trinajstić information content (AvgIpc) is 2.80. The number of rotatable bonds is 3. The summed E-state index contributed by atoms with van der Waals surface area (Å²) in [5, 5.41) is 0.437. The molecule has 20 heavy (non-hydrogen) atoms. The molecule has 0 amide bonds. The van der Waals surface area contributed by atoms with Crippen molar-refractivity contribution >= 4 is 34.4 Å². The molecule has 0 aliphatic rings. The van der Waals surface area contributed by atoms with E-state index in [0.29, 0.717) is 34.5 Å². The second-order valence-electron chi connectivity index (χ2n) is 4.24. The number of hydrogen-bond acceptors (Lipinski definition) is 2. The van der Waals surface area contributed by atoms with Gasteiger partial charge in [0.15, 0.2) is 5.65 Å². The third kappa shape index (κ3) is 2.25. The van der Waals surface area contributed by atoms with Gasteiger partial charge in [0.25, 0.3) is 0 Å². The number of nitrogens with zero attached hydrogens (tertiary/aromatic N) is 3. The minimum Gasteiger partial charge on any atom is -0.279 e. The lowest BCUT2D eigenvalue weighted by Crippen LogP contribution is -2.04. The van der Waals surface area contributed by atoms with Crippen LogP contribution >= 0.6 is 23.2 Å². The van der Waals surface area contributed by atoms with E-state index in [9.17, 15) is 4.39 Å². The van der Waals surface area contributed by atoms with Crippen LogP contribution in [0.25, 0.3) is 16.9 Å². The Balaban J connectivity index is 2.33. The minimum absolute atomic E-state index is 0.362. The maximum absolute atomic E-state index is 13.5. The Kier molecular flexibility index (Phi) is 3.59. The van der Waals surface area contributed by atoms with Crippen LogP contribution in [0.2, 0.25) is 5.02 Å². The molecule has 0 saturated heterocycles. The number of hydrogen-bond donors (Lipinski definition) is 0. The minimum atomic E-state index is -0.362. The Labute approximate surface area is 125 Å². The standard InChI is InChI=1S/C14H10Cl2FN3/c15-6-5-13-19-11-2-1-7-18-14(11)20(13)12-8-9(17)3-4-10(12)16/h1-4,7-8H,5-6H2. The monoisotopic (exact) mass is 309 g/mol. The quantitative estimate of drug-likeness (QED) is 0.685. The second kappa shape index (κ2) is 5.38. The van der Waals surface area contributed by atoms with E-state index in [0.717, 1.165) is 5.52 Å². The van der Waals surface area contributed by atoms with Gasteiger partial charge < -0.3 is 0 Å². The molecule has 0 saturated carbocycles. The average molecular weight is 310 g/mol. The van der Waals surface area contributed by atoms with Crippen molar-refractivity contribution in [3.63, 3.8) is 0 Å². The van der Waals surface area contributed by atoms with Crippen LogP contribution in [-0.4, -0.2) is 20.4 Å². The number of fused-ring (bicyclic) bond motifs is 1. The van der Waals surface area contributed by atoms with Crippen molar-refractivity contribution in [2.24, 2.45) is 0 Å². The smallest absolute Gasteiger partial charge is 0.164 e. The van der Waals surface area contributed by atoms with Gasteiger partial charge in [-0.15, -0.1) is 11.6 Å². The van der Waals surface area contributed by atoms with Gasteiger partial charge in [-0.1, -0.05) is 11.6 Å². The maximum Gasteiger partial charge on any atom is 0.164 e. The summed E-state index contributed by atoms with van der Waals surface area (Å²) in [7, 11) is 0. The number of benzene rings is 1.